The van der Waals surface area contributed by atoms with E-state index < -0.39 is 6.09 Å². The van der Waals surface area contributed by atoms with E-state index in [9.17, 15) is 9.59 Å². The number of likely N-dealkylation sites (N-methyl/N-ethyl adjacent to an activating group) is 2. The highest BCUT2D eigenvalue weighted by atomic mass is 32.2. The summed E-state index contributed by atoms with van der Waals surface area (Å²) in [6.45, 7) is 9.75. The minimum Gasteiger partial charge on any atom is -0.496 e. The van der Waals surface area contributed by atoms with E-state index in [-0.39, 0.29) is 23.4 Å². The molecule has 2 aromatic rings. The lowest BCUT2D eigenvalue weighted by molar-refractivity contribution is -0.144. The van der Waals surface area contributed by atoms with E-state index in [2.05, 4.69) is 44.3 Å². The van der Waals surface area contributed by atoms with E-state index >= 15 is 0 Å². The highest BCUT2D eigenvalue weighted by Gasteiger charge is 2.29. The summed E-state index contributed by atoms with van der Waals surface area (Å²) in [4.78, 5) is 30.3. The minimum absolute atomic E-state index is 0.122. The molecule has 9 heteroatoms. The van der Waals surface area contributed by atoms with E-state index in [0.29, 0.717) is 24.5 Å². The Morgan fingerprint density at radius 3 is 2.46 bits per heavy atom. The van der Waals surface area contributed by atoms with Crippen molar-refractivity contribution >= 4 is 35.1 Å². The number of carbonyl (C=O) groups is 2. The summed E-state index contributed by atoms with van der Waals surface area (Å²) in [7, 11) is 7.22. The van der Waals surface area contributed by atoms with Crippen molar-refractivity contribution in [3.05, 3.63) is 58.5 Å². The molecule has 2 aliphatic heterocycles. The first-order valence-electron chi connectivity index (χ1n) is 13.8. The maximum atomic E-state index is 13.0. The van der Waals surface area contributed by atoms with Crippen LogP contribution in [0.15, 0.2) is 47.4 Å². The number of rotatable bonds is 9. The molecule has 0 aliphatic carbocycles. The Labute approximate surface area is 247 Å². The molecule has 0 saturated carbocycles. The van der Waals surface area contributed by atoms with Crippen molar-refractivity contribution in [2.24, 2.45) is 0 Å². The standard InChI is InChI=1S/C32H41N3O5S/c1-20-18-32(3,4)33-26-13-12-23(25(29(20)26)19-39-30(36)28-14-9-21(2)41-28)24-11-10-22(17-27(24)38-8)40-31(37)35(7)16-15-34(5)6/h9-13,17-18,28,33H,14-16,19H2,1-8H3. The predicted octanol–water partition coefficient (Wildman–Crippen LogP) is 6.41. The van der Waals surface area contributed by atoms with Gasteiger partial charge in [0.1, 0.15) is 23.4 Å². The van der Waals surface area contributed by atoms with Gasteiger partial charge in [0.05, 0.1) is 12.6 Å². The zero-order chi connectivity index (χ0) is 29.9. The van der Waals surface area contributed by atoms with Gasteiger partial charge >= 0.3 is 12.1 Å². The van der Waals surface area contributed by atoms with Gasteiger partial charge in [0, 0.05) is 48.6 Å². The molecule has 1 atom stereocenters. The van der Waals surface area contributed by atoms with Crippen molar-refractivity contribution < 1.29 is 23.8 Å². The summed E-state index contributed by atoms with van der Waals surface area (Å²) in [5, 5.41) is 3.38. The van der Waals surface area contributed by atoms with Crippen molar-refractivity contribution in [1.29, 1.82) is 0 Å². The molecule has 1 unspecified atom stereocenters. The Kier molecular flexibility index (Phi) is 9.39. The minimum atomic E-state index is -0.438. The molecule has 2 heterocycles. The molecule has 0 saturated heterocycles. The molecular weight excluding hydrogens is 538 g/mol. The number of fused-ring (bicyclic) bond motifs is 1. The molecule has 0 bridgehead atoms. The molecule has 1 N–H and O–H groups in total. The summed E-state index contributed by atoms with van der Waals surface area (Å²) in [6, 6.07) is 9.45. The number of nitrogens with one attached hydrogen (secondary N) is 1. The second-order valence-corrected chi connectivity index (χ2v) is 12.9. The maximum Gasteiger partial charge on any atom is 0.415 e. The molecule has 0 fully saturated rings. The van der Waals surface area contributed by atoms with Crippen molar-refractivity contribution in [1.82, 2.24) is 9.80 Å². The summed E-state index contributed by atoms with van der Waals surface area (Å²) in [5.74, 6) is 0.722. The first kappa shape index (κ1) is 30.5. The van der Waals surface area contributed by atoms with Crippen LogP contribution in [0.25, 0.3) is 16.7 Å². The van der Waals surface area contributed by atoms with Gasteiger partial charge in [-0.05, 0) is 82.5 Å². The third-order valence-corrected chi connectivity index (χ3v) is 8.38. The van der Waals surface area contributed by atoms with Crippen LogP contribution >= 0.6 is 11.8 Å². The fourth-order valence-electron chi connectivity index (χ4n) is 5.15. The number of benzene rings is 2. The number of amides is 1. The SMILES string of the molecule is COc1cc(OC(=O)N(C)CCN(C)C)ccc1-c1ccc2c(c1COC(=O)C1CC=C(C)S1)C(C)=CC(C)(C)N2. The molecule has 220 valence electrons. The third kappa shape index (κ3) is 7.26. The normalized spacial score (nSPS) is 17.2. The average molecular weight is 580 g/mol. The molecule has 1 amide bonds. The van der Waals surface area contributed by atoms with Crippen molar-refractivity contribution in [3.63, 3.8) is 0 Å². The van der Waals surface area contributed by atoms with Crippen LogP contribution in [0.2, 0.25) is 0 Å². The van der Waals surface area contributed by atoms with Gasteiger partial charge < -0.3 is 29.3 Å². The first-order chi connectivity index (χ1) is 19.4. The number of hydrogen-bond donors (Lipinski definition) is 1. The Morgan fingerprint density at radius 1 is 1.07 bits per heavy atom. The molecule has 8 nitrogen and oxygen atoms in total. The van der Waals surface area contributed by atoms with Gasteiger partial charge in [-0.1, -0.05) is 18.2 Å². The topological polar surface area (TPSA) is 80.3 Å². The highest BCUT2D eigenvalue weighted by Crippen LogP contribution is 2.43. The van der Waals surface area contributed by atoms with Crippen LogP contribution in [-0.2, 0) is 16.1 Å². The average Bonchev–Trinajstić information content (AvgIpc) is 3.35. The number of allylic oxidation sites excluding steroid dienone is 3. The summed E-state index contributed by atoms with van der Waals surface area (Å²) < 4.78 is 17.4. The summed E-state index contributed by atoms with van der Waals surface area (Å²) in [5.41, 5.74) is 5.50. The number of nitrogens with zero attached hydrogens (tertiary/aromatic N) is 2. The maximum absolute atomic E-state index is 13.0. The lowest BCUT2D eigenvalue weighted by Crippen LogP contribution is -2.35. The molecule has 2 aromatic carbocycles. The molecule has 41 heavy (non-hydrogen) atoms. The van der Waals surface area contributed by atoms with Crippen LogP contribution in [-0.4, -0.2) is 74.0 Å². The number of methoxy groups -OCH3 is 1. The molecule has 0 aromatic heterocycles. The smallest absolute Gasteiger partial charge is 0.415 e. The van der Waals surface area contributed by atoms with E-state index in [1.165, 1.54) is 0 Å². The number of ether oxygens (including phenoxy) is 3. The first-order valence-corrected chi connectivity index (χ1v) is 14.7. The Hall–Kier alpha value is -3.43. The molecule has 0 radical (unpaired) electrons. The fraction of sp³-hybridized carbons (Fsp3) is 0.438. The fourth-order valence-corrected chi connectivity index (χ4v) is 6.15. The Morgan fingerprint density at radius 2 is 1.80 bits per heavy atom. The van der Waals surface area contributed by atoms with Gasteiger partial charge in [-0.2, -0.15) is 0 Å². The van der Waals surface area contributed by atoms with Crippen molar-refractivity contribution in [3.8, 4) is 22.6 Å². The van der Waals surface area contributed by atoms with Crippen LogP contribution < -0.4 is 14.8 Å². The summed E-state index contributed by atoms with van der Waals surface area (Å²) in [6.07, 6.45) is 4.51. The molecule has 0 spiro atoms. The lowest BCUT2D eigenvalue weighted by atomic mass is 9.85. The number of anilines is 1. The number of carbonyl (C=O) groups excluding carboxylic acids is 2. The van der Waals surface area contributed by atoms with Gasteiger partial charge in [-0.3, -0.25) is 4.79 Å². The van der Waals surface area contributed by atoms with Gasteiger partial charge in [-0.25, -0.2) is 4.79 Å². The van der Waals surface area contributed by atoms with Gasteiger partial charge in [0.15, 0.2) is 0 Å². The van der Waals surface area contributed by atoms with Crippen LogP contribution in [0.5, 0.6) is 11.5 Å². The second-order valence-electron chi connectivity index (χ2n) is 11.4. The van der Waals surface area contributed by atoms with E-state index in [0.717, 1.165) is 45.0 Å². The Bertz CT molecular complexity index is 1380. The molecule has 2 aliphatic rings. The van der Waals surface area contributed by atoms with E-state index in [1.807, 2.05) is 38.1 Å². The third-order valence-electron chi connectivity index (χ3n) is 7.17. The van der Waals surface area contributed by atoms with Gasteiger partial charge in [0.2, 0.25) is 0 Å². The van der Waals surface area contributed by atoms with Gasteiger partial charge in [0.25, 0.3) is 0 Å². The van der Waals surface area contributed by atoms with Crippen LogP contribution in [0.3, 0.4) is 0 Å². The highest BCUT2D eigenvalue weighted by molar-refractivity contribution is 8.04. The lowest BCUT2D eigenvalue weighted by Gasteiger charge is -2.33. The summed E-state index contributed by atoms with van der Waals surface area (Å²) >= 11 is 1.55. The van der Waals surface area contributed by atoms with Crippen LogP contribution in [0.4, 0.5) is 10.5 Å². The van der Waals surface area contributed by atoms with Gasteiger partial charge in [-0.15, -0.1) is 11.8 Å². The largest absolute Gasteiger partial charge is 0.496 e. The zero-order valence-electron chi connectivity index (χ0n) is 25.3. The predicted molar refractivity (Wildman–Crippen MR) is 167 cm³/mol. The van der Waals surface area contributed by atoms with Crippen molar-refractivity contribution in [2.45, 2.75) is 51.5 Å². The van der Waals surface area contributed by atoms with Crippen molar-refractivity contribution in [2.75, 3.05) is 46.7 Å². The Balaban J connectivity index is 1.67. The van der Waals surface area contributed by atoms with E-state index in [4.69, 9.17) is 14.2 Å². The second kappa shape index (κ2) is 12.6. The molecule has 4 rings (SSSR count). The van der Waals surface area contributed by atoms with Crippen LogP contribution in [0, 0.1) is 0 Å². The van der Waals surface area contributed by atoms with E-state index in [1.54, 1.807) is 43.0 Å². The quantitative estimate of drug-likeness (QED) is 0.341. The number of thioether (sulfide) groups is 1. The zero-order valence-corrected chi connectivity index (χ0v) is 26.1. The van der Waals surface area contributed by atoms with Crippen LogP contribution in [0.1, 0.15) is 45.2 Å². The number of esters is 1. The molecular formula is C32H41N3O5S. The number of hydrogen-bond acceptors (Lipinski definition) is 8. The monoisotopic (exact) mass is 579 g/mol.